The molecule has 0 amide bonds. The average Bonchev–Trinajstić information content (AvgIpc) is 2.86. The zero-order valence-electron chi connectivity index (χ0n) is 10.3. The number of hydrogen-bond acceptors (Lipinski definition) is 3. The minimum atomic E-state index is 0.769. The maximum absolute atomic E-state index is 5.33. The number of rotatable bonds is 4. The van der Waals surface area contributed by atoms with Gasteiger partial charge in [-0.3, -0.25) is 0 Å². The van der Waals surface area contributed by atoms with Crippen molar-refractivity contribution in [3.8, 4) is 21.9 Å². The second kappa shape index (κ2) is 5.23. The lowest BCUT2D eigenvalue weighted by Crippen LogP contribution is -1.91. The van der Waals surface area contributed by atoms with Crippen molar-refractivity contribution in [3.63, 3.8) is 0 Å². The van der Waals surface area contributed by atoms with Crippen molar-refractivity contribution in [2.45, 2.75) is 13.3 Å². The Bertz CT molecular complexity index is 503. The Labute approximate surface area is 106 Å². The van der Waals surface area contributed by atoms with Crippen LogP contribution in [0.4, 0.5) is 0 Å². The van der Waals surface area contributed by atoms with Crippen molar-refractivity contribution in [2.75, 3.05) is 14.2 Å². The fourth-order valence-electron chi connectivity index (χ4n) is 1.84. The molecule has 0 radical (unpaired) electrons. The Morgan fingerprint density at radius 3 is 2.47 bits per heavy atom. The molecular weight excluding hydrogens is 232 g/mol. The summed E-state index contributed by atoms with van der Waals surface area (Å²) in [6.45, 7) is 2.17. The molecule has 0 spiro atoms. The van der Waals surface area contributed by atoms with E-state index in [0.29, 0.717) is 0 Å². The zero-order valence-corrected chi connectivity index (χ0v) is 11.1. The number of methoxy groups -OCH3 is 2. The molecule has 0 saturated carbocycles. The lowest BCUT2D eigenvalue weighted by atomic mass is 10.1. The van der Waals surface area contributed by atoms with Crippen LogP contribution < -0.4 is 9.47 Å². The molecule has 0 fully saturated rings. The quantitative estimate of drug-likeness (QED) is 0.814. The van der Waals surface area contributed by atoms with Crippen molar-refractivity contribution in [3.05, 3.63) is 35.2 Å². The van der Waals surface area contributed by atoms with E-state index in [0.717, 1.165) is 17.9 Å². The van der Waals surface area contributed by atoms with Gasteiger partial charge in [0, 0.05) is 4.88 Å². The van der Waals surface area contributed by atoms with Crippen LogP contribution in [0.5, 0.6) is 11.5 Å². The van der Waals surface area contributed by atoms with E-state index in [1.54, 1.807) is 25.6 Å². The molecule has 0 atom stereocenters. The van der Waals surface area contributed by atoms with Gasteiger partial charge in [0.1, 0.15) is 0 Å². The van der Waals surface area contributed by atoms with Crippen LogP contribution in [-0.2, 0) is 6.42 Å². The highest BCUT2D eigenvalue weighted by Crippen LogP contribution is 2.36. The molecular formula is C14H16O2S. The number of hydrogen-bond donors (Lipinski definition) is 0. The molecule has 2 rings (SSSR count). The number of aryl methyl sites for hydroxylation is 1. The first-order valence-corrected chi connectivity index (χ1v) is 6.46. The van der Waals surface area contributed by atoms with Gasteiger partial charge in [0.05, 0.1) is 14.2 Å². The van der Waals surface area contributed by atoms with Crippen LogP contribution in [-0.4, -0.2) is 14.2 Å². The SMILES string of the molecule is CCc1ccsc1-c1ccc(OC)c(OC)c1. The molecule has 1 aromatic heterocycles. The number of ether oxygens (including phenoxy) is 2. The Hall–Kier alpha value is -1.48. The second-order valence-corrected chi connectivity index (χ2v) is 4.61. The van der Waals surface area contributed by atoms with Crippen molar-refractivity contribution in [1.29, 1.82) is 0 Å². The molecule has 1 aromatic carbocycles. The molecule has 0 bridgehead atoms. The maximum Gasteiger partial charge on any atom is 0.161 e. The highest BCUT2D eigenvalue weighted by atomic mass is 32.1. The van der Waals surface area contributed by atoms with Crippen molar-refractivity contribution in [1.82, 2.24) is 0 Å². The van der Waals surface area contributed by atoms with Crippen LogP contribution in [0.1, 0.15) is 12.5 Å². The summed E-state index contributed by atoms with van der Waals surface area (Å²) in [7, 11) is 3.32. The molecule has 0 unspecified atom stereocenters. The topological polar surface area (TPSA) is 18.5 Å². The second-order valence-electron chi connectivity index (χ2n) is 3.70. The Kier molecular flexibility index (Phi) is 3.69. The van der Waals surface area contributed by atoms with E-state index in [2.05, 4.69) is 24.4 Å². The standard InChI is InChI=1S/C14H16O2S/c1-4-10-7-8-17-14(10)11-5-6-12(15-2)13(9-11)16-3/h5-9H,4H2,1-3H3. The molecule has 0 aliphatic heterocycles. The summed E-state index contributed by atoms with van der Waals surface area (Å²) in [5, 5.41) is 2.13. The summed E-state index contributed by atoms with van der Waals surface area (Å²) in [4.78, 5) is 1.31. The molecule has 17 heavy (non-hydrogen) atoms. The third-order valence-corrected chi connectivity index (χ3v) is 3.78. The van der Waals surface area contributed by atoms with Gasteiger partial charge in [-0.15, -0.1) is 11.3 Å². The van der Waals surface area contributed by atoms with Crippen LogP contribution in [0.25, 0.3) is 10.4 Å². The minimum absolute atomic E-state index is 0.769. The molecule has 2 aromatic rings. The monoisotopic (exact) mass is 248 g/mol. The minimum Gasteiger partial charge on any atom is -0.493 e. The van der Waals surface area contributed by atoms with E-state index in [4.69, 9.17) is 9.47 Å². The van der Waals surface area contributed by atoms with E-state index in [1.807, 2.05) is 12.1 Å². The van der Waals surface area contributed by atoms with E-state index >= 15 is 0 Å². The van der Waals surface area contributed by atoms with Crippen molar-refractivity contribution >= 4 is 11.3 Å². The molecule has 0 aliphatic carbocycles. The van der Waals surface area contributed by atoms with Gasteiger partial charge in [-0.2, -0.15) is 0 Å². The number of benzene rings is 1. The summed E-state index contributed by atoms with van der Waals surface area (Å²) < 4.78 is 10.6. The Balaban J connectivity index is 2.46. The third kappa shape index (κ3) is 2.29. The molecule has 2 nitrogen and oxygen atoms in total. The predicted molar refractivity (Wildman–Crippen MR) is 72.2 cm³/mol. The Morgan fingerprint density at radius 2 is 1.82 bits per heavy atom. The van der Waals surface area contributed by atoms with Crippen LogP contribution in [0.3, 0.4) is 0 Å². The van der Waals surface area contributed by atoms with Gasteiger partial charge in [-0.05, 0) is 47.2 Å². The van der Waals surface area contributed by atoms with Gasteiger partial charge in [-0.1, -0.05) is 6.92 Å². The van der Waals surface area contributed by atoms with Gasteiger partial charge in [0.25, 0.3) is 0 Å². The van der Waals surface area contributed by atoms with Crippen LogP contribution >= 0.6 is 11.3 Å². The first-order chi connectivity index (χ1) is 8.30. The lowest BCUT2D eigenvalue weighted by Gasteiger charge is -2.09. The predicted octanol–water partition coefficient (Wildman–Crippen LogP) is 3.99. The largest absolute Gasteiger partial charge is 0.493 e. The van der Waals surface area contributed by atoms with E-state index in [-0.39, 0.29) is 0 Å². The zero-order chi connectivity index (χ0) is 12.3. The van der Waals surface area contributed by atoms with Crippen molar-refractivity contribution < 1.29 is 9.47 Å². The number of thiophene rings is 1. The third-order valence-electron chi connectivity index (χ3n) is 2.77. The lowest BCUT2D eigenvalue weighted by molar-refractivity contribution is 0.355. The molecule has 90 valence electrons. The summed E-state index contributed by atoms with van der Waals surface area (Å²) in [5.41, 5.74) is 2.57. The summed E-state index contributed by atoms with van der Waals surface area (Å²) >= 11 is 1.76. The van der Waals surface area contributed by atoms with Gasteiger partial charge in [0.2, 0.25) is 0 Å². The molecule has 0 N–H and O–H groups in total. The molecule has 0 saturated heterocycles. The smallest absolute Gasteiger partial charge is 0.161 e. The molecule has 1 heterocycles. The first-order valence-electron chi connectivity index (χ1n) is 5.59. The first kappa shape index (κ1) is 12.0. The van der Waals surface area contributed by atoms with Gasteiger partial charge in [-0.25, -0.2) is 0 Å². The maximum atomic E-state index is 5.33. The average molecular weight is 248 g/mol. The van der Waals surface area contributed by atoms with E-state index in [9.17, 15) is 0 Å². The fraction of sp³-hybridized carbons (Fsp3) is 0.286. The fourth-order valence-corrected chi connectivity index (χ4v) is 2.84. The van der Waals surface area contributed by atoms with Crippen LogP contribution in [0.15, 0.2) is 29.6 Å². The van der Waals surface area contributed by atoms with E-state index < -0.39 is 0 Å². The van der Waals surface area contributed by atoms with Gasteiger partial charge in [0.15, 0.2) is 11.5 Å². The highest BCUT2D eigenvalue weighted by molar-refractivity contribution is 7.13. The van der Waals surface area contributed by atoms with Crippen LogP contribution in [0, 0.1) is 0 Å². The highest BCUT2D eigenvalue weighted by Gasteiger charge is 2.09. The molecule has 3 heteroatoms. The molecule has 0 aliphatic rings. The van der Waals surface area contributed by atoms with Gasteiger partial charge < -0.3 is 9.47 Å². The summed E-state index contributed by atoms with van der Waals surface area (Å²) in [6, 6.07) is 8.24. The van der Waals surface area contributed by atoms with E-state index in [1.165, 1.54) is 16.0 Å². The van der Waals surface area contributed by atoms with Crippen molar-refractivity contribution in [2.24, 2.45) is 0 Å². The Morgan fingerprint density at radius 1 is 1.06 bits per heavy atom. The summed E-state index contributed by atoms with van der Waals surface area (Å²) in [6.07, 6.45) is 1.05. The normalized spacial score (nSPS) is 10.3. The van der Waals surface area contributed by atoms with Crippen LogP contribution in [0.2, 0.25) is 0 Å². The van der Waals surface area contributed by atoms with Gasteiger partial charge >= 0.3 is 0 Å². The summed E-state index contributed by atoms with van der Waals surface area (Å²) in [5.74, 6) is 1.55.